The van der Waals surface area contributed by atoms with Crippen molar-refractivity contribution in [1.82, 2.24) is 9.55 Å². The van der Waals surface area contributed by atoms with Gasteiger partial charge in [0.15, 0.2) is 0 Å². The summed E-state index contributed by atoms with van der Waals surface area (Å²) in [5.74, 6) is 0.833. The lowest BCUT2D eigenvalue weighted by molar-refractivity contribution is 0.997. The number of fused-ring (bicyclic) bond motifs is 1. The lowest BCUT2D eigenvalue weighted by Gasteiger charge is -2.09. The van der Waals surface area contributed by atoms with Crippen LogP contribution in [0.4, 0.5) is 0 Å². The number of imidazole rings is 1. The Hall–Kier alpha value is -2.31. The molecule has 92 valence electrons. The minimum absolute atomic E-state index is 0.456. The molecular weight excluding hydrogens is 258 g/mol. The second-order valence-corrected chi connectivity index (χ2v) is 4.64. The van der Waals surface area contributed by atoms with E-state index in [-0.39, 0.29) is 0 Å². The average Bonchev–Trinajstić information content (AvgIpc) is 2.74. The normalized spacial score (nSPS) is 10.6. The van der Waals surface area contributed by atoms with Gasteiger partial charge < -0.3 is 0 Å². The van der Waals surface area contributed by atoms with Gasteiger partial charge in [-0.05, 0) is 31.2 Å². The fraction of sp³-hybridized carbons (Fsp3) is 0.0667. The molecule has 0 spiro atoms. The van der Waals surface area contributed by atoms with Crippen molar-refractivity contribution in [2.45, 2.75) is 6.92 Å². The smallest absolute Gasteiger partial charge is 0.111 e. The summed E-state index contributed by atoms with van der Waals surface area (Å²) in [5.41, 5.74) is 3.11. The Bertz CT molecular complexity index is 812. The summed E-state index contributed by atoms with van der Waals surface area (Å²) in [7, 11) is 0. The van der Waals surface area contributed by atoms with Gasteiger partial charge in [0.2, 0.25) is 0 Å². The zero-order valence-electron chi connectivity index (χ0n) is 10.3. The molecule has 3 aromatic rings. The van der Waals surface area contributed by atoms with Crippen LogP contribution in [-0.2, 0) is 0 Å². The SMILES string of the molecule is Cc1nc2ccccc2n1-c1cccc(Cl)c1C#N. The van der Waals surface area contributed by atoms with Crippen LogP contribution in [0, 0.1) is 18.3 Å². The van der Waals surface area contributed by atoms with E-state index in [2.05, 4.69) is 11.1 Å². The number of nitrogens with zero attached hydrogens (tertiary/aromatic N) is 3. The third-order valence-electron chi connectivity index (χ3n) is 3.07. The van der Waals surface area contributed by atoms with Crippen LogP contribution in [0.3, 0.4) is 0 Å². The second-order valence-electron chi connectivity index (χ2n) is 4.23. The van der Waals surface area contributed by atoms with Crippen molar-refractivity contribution < 1.29 is 0 Å². The van der Waals surface area contributed by atoms with Gasteiger partial charge >= 0.3 is 0 Å². The number of hydrogen-bond donors (Lipinski definition) is 0. The van der Waals surface area contributed by atoms with Gasteiger partial charge in [-0.2, -0.15) is 5.26 Å². The molecule has 1 heterocycles. The standard InChI is InChI=1S/C15H10ClN3/c1-10-18-13-6-2-3-7-15(13)19(10)14-8-4-5-12(16)11(14)9-17/h2-8H,1H3. The fourth-order valence-electron chi connectivity index (χ4n) is 2.26. The van der Waals surface area contributed by atoms with E-state index in [0.29, 0.717) is 10.6 Å². The predicted molar refractivity (Wildman–Crippen MR) is 75.5 cm³/mol. The maximum absolute atomic E-state index is 9.29. The molecule has 0 atom stereocenters. The van der Waals surface area contributed by atoms with Crippen LogP contribution >= 0.6 is 11.6 Å². The summed E-state index contributed by atoms with van der Waals surface area (Å²) in [5, 5.41) is 9.75. The fourth-order valence-corrected chi connectivity index (χ4v) is 2.47. The van der Waals surface area contributed by atoms with Crippen LogP contribution in [0.2, 0.25) is 5.02 Å². The van der Waals surface area contributed by atoms with Crippen LogP contribution < -0.4 is 0 Å². The van der Waals surface area contributed by atoms with Crippen molar-refractivity contribution in [2.75, 3.05) is 0 Å². The molecule has 3 rings (SSSR count). The van der Waals surface area contributed by atoms with Gasteiger partial charge in [-0.3, -0.25) is 4.57 Å². The minimum atomic E-state index is 0.456. The maximum atomic E-state index is 9.29. The maximum Gasteiger partial charge on any atom is 0.111 e. The van der Waals surface area contributed by atoms with Gasteiger partial charge in [0, 0.05) is 0 Å². The number of aromatic nitrogens is 2. The number of benzene rings is 2. The van der Waals surface area contributed by atoms with Crippen molar-refractivity contribution in [3.8, 4) is 11.8 Å². The molecule has 0 unspecified atom stereocenters. The van der Waals surface area contributed by atoms with E-state index in [0.717, 1.165) is 22.5 Å². The number of para-hydroxylation sites is 2. The Kier molecular flexibility index (Phi) is 2.73. The quantitative estimate of drug-likeness (QED) is 0.672. The average molecular weight is 268 g/mol. The second kappa shape index (κ2) is 4.42. The van der Waals surface area contributed by atoms with Crippen LogP contribution in [0.25, 0.3) is 16.7 Å². The molecule has 0 bridgehead atoms. The summed E-state index contributed by atoms with van der Waals surface area (Å²) in [4.78, 5) is 4.51. The molecular formula is C15H10ClN3. The Morgan fingerprint density at radius 1 is 1.16 bits per heavy atom. The lowest BCUT2D eigenvalue weighted by atomic mass is 10.2. The van der Waals surface area contributed by atoms with Crippen molar-refractivity contribution in [2.24, 2.45) is 0 Å². The predicted octanol–water partition coefficient (Wildman–Crippen LogP) is 3.86. The number of halogens is 1. The van der Waals surface area contributed by atoms with Gasteiger partial charge in [0.25, 0.3) is 0 Å². The van der Waals surface area contributed by atoms with E-state index in [1.54, 1.807) is 6.07 Å². The Balaban J connectivity index is 2.41. The highest BCUT2D eigenvalue weighted by Gasteiger charge is 2.13. The molecule has 0 aliphatic carbocycles. The highest BCUT2D eigenvalue weighted by molar-refractivity contribution is 6.32. The monoisotopic (exact) mass is 267 g/mol. The minimum Gasteiger partial charge on any atom is -0.295 e. The molecule has 2 aromatic carbocycles. The molecule has 0 radical (unpaired) electrons. The lowest BCUT2D eigenvalue weighted by Crippen LogP contribution is -2.00. The van der Waals surface area contributed by atoms with Gasteiger partial charge in [-0.25, -0.2) is 4.98 Å². The first-order valence-electron chi connectivity index (χ1n) is 5.85. The molecule has 0 aliphatic heterocycles. The van der Waals surface area contributed by atoms with E-state index in [1.807, 2.05) is 47.9 Å². The molecule has 0 amide bonds. The summed E-state index contributed by atoms with van der Waals surface area (Å²) in [6.07, 6.45) is 0. The first-order chi connectivity index (χ1) is 9.22. The number of aryl methyl sites for hydroxylation is 1. The first-order valence-corrected chi connectivity index (χ1v) is 6.23. The summed E-state index contributed by atoms with van der Waals surface area (Å²) in [6, 6.07) is 15.4. The van der Waals surface area contributed by atoms with Crippen molar-refractivity contribution in [1.29, 1.82) is 5.26 Å². The zero-order valence-corrected chi connectivity index (χ0v) is 11.0. The molecule has 3 nitrogen and oxygen atoms in total. The van der Waals surface area contributed by atoms with Crippen molar-refractivity contribution >= 4 is 22.6 Å². The van der Waals surface area contributed by atoms with E-state index in [9.17, 15) is 5.26 Å². The molecule has 19 heavy (non-hydrogen) atoms. The van der Waals surface area contributed by atoms with Gasteiger partial charge in [-0.1, -0.05) is 29.8 Å². The molecule has 1 aromatic heterocycles. The number of hydrogen-bond acceptors (Lipinski definition) is 2. The van der Waals surface area contributed by atoms with E-state index in [1.165, 1.54) is 0 Å². The molecule has 4 heteroatoms. The first kappa shape index (κ1) is 11.8. The van der Waals surface area contributed by atoms with Gasteiger partial charge in [0.05, 0.1) is 27.3 Å². The third kappa shape index (κ3) is 1.78. The Morgan fingerprint density at radius 3 is 2.74 bits per heavy atom. The van der Waals surface area contributed by atoms with E-state index >= 15 is 0 Å². The zero-order chi connectivity index (χ0) is 13.4. The summed E-state index contributed by atoms with van der Waals surface area (Å²) >= 11 is 6.09. The highest BCUT2D eigenvalue weighted by atomic mass is 35.5. The Labute approximate surface area is 115 Å². The van der Waals surface area contributed by atoms with Crippen LogP contribution in [0.5, 0.6) is 0 Å². The largest absolute Gasteiger partial charge is 0.295 e. The van der Waals surface area contributed by atoms with Gasteiger partial charge in [0.1, 0.15) is 11.9 Å². The van der Waals surface area contributed by atoms with E-state index < -0.39 is 0 Å². The molecule has 0 fully saturated rings. The van der Waals surface area contributed by atoms with Crippen molar-refractivity contribution in [3.05, 3.63) is 58.9 Å². The number of nitriles is 1. The van der Waals surface area contributed by atoms with Gasteiger partial charge in [-0.15, -0.1) is 0 Å². The topological polar surface area (TPSA) is 41.6 Å². The molecule has 0 aliphatic rings. The summed E-state index contributed by atoms with van der Waals surface area (Å²) < 4.78 is 1.96. The van der Waals surface area contributed by atoms with E-state index in [4.69, 9.17) is 11.6 Å². The Morgan fingerprint density at radius 2 is 1.95 bits per heavy atom. The molecule has 0 saturated carbocycles. The van der Waals surface area contributed by atoms with Crippen molar-refractivity contribution in [3.63, 3.8) is 0 Å². The van der Waals surface area contributed by atoms with Crippen LogP contribution in [-0.4, -0.2) is 9.55 Å². The third-order valence-corrected chi connectivity index (χ3v) is 3.39. The van der Waals surface area contributed by atoms with Crippen LogP contribution in [0.1, 0.15) is 11.4 Å². The summed E-state index contributed by atoms with van der Waals surface area (Å²) in [6.45, 7) is 1.92. The molecule has 0 N–H and O–H groups in total. The van der Waals surface area contributed by atoms with Crippen LogP contribution in [0.15, 0.2) is 42.5 Å². The number of rotatable bonds is 1. The highest BCUT2D eigenvalue weighted by Crippen LogP contribution is 2.27. The molecule has 0 saturated heterocycles.